The molecule has 59 heavy (non-hydrogen) atoms. The third-order valence-electron chi connectivity index (χ3n) is 10.8. The summed E-state index contributed by atoms with van der Waals surface area (Å²) in [7, 11) is 0. The Balaban J connectivity index is 0.000000184. The fraction of sp³-hybridized carbons (Fsp3) is 0.356. The van der Waals surface area contributed by atoms with Gasteiger partial charge in [0, 0.05) is 24.9 Å². The van der Waals surface area contributed by atoms with Crippen molar-refractivity contribution in [3.8, 4) is 22.3 Å². The first-order valence-corrected chi connectivity index (χ1v) is 19.7. The first-order chi connectivity index (χ1) is 28.0. The van der Waals surface area contributed by atoms with Gasteiger partial charge >= 0.3 is 6.09 Å². The van der Waals surface area contributed by atoms with Gasteiger partial charge in [0.15, 0.2) is 0 Å². The lowest BCUT2D eigenvalue weighted by atomic mass is 9.95. The zero-order valence-corrected chi connectivity index (χ0v) is 33.6. The van der Waals surface area contributed by atoms with E-state index in [4.69, 9.17) is 4.74 Å². The first kappa shape index (κ1) is 41.3. The molecule has 0 saturated carbocycles. The summed E-state index contributed by atoms with van der Waals surface area (Å²) in [5.41, 5.74) is 1.55. The van der Waals surface area contributed by atoms with E-state index in [0.717, 1.165) is 25.9 Å². The summed E-state index contributed by atoms with van der Waals surface area (Å²) in [6.45, 7) is 11.4. The lowest BCUT2D eigenvalue weighted by Crippen LogP contribution is -2.41. The van der Waals surface area contributed by atoms with Gasteiger partial charge in [-0.2, -0.15) is 0 Å². The highest BCUT2D eigenvalue weighted by Gasteiger charge is 2.29. The van der Waals surface area contributed by atoms with Crippen molar-refractivity contribution in [3.63, 3.8) is 0 Å². The van der Waals surface area contributed by atoms with Crippen molar-refractivity contribution in [1.29, 1.82) is 0 Å². The Bertz CT molecular complexity index is 2680. The molecule has 308 valence electrons. The lowest BCUT2D eigenvalue weighted by molar-refractivity contribution is 0.0203. The summed E-state index contributed by atoms with van der Waals surface area (Å²) >= 11 is 0. The second-order valence-electron chi connectivity index (χ2n) is 16.3. The Kier molecular flexibility index (Phi) is 11.7. The van der Waals surface area contributed by atoms with Crippen LogP contribution in [-0.2, 0) is 4.74 Å². The van der Waals surface area contributed by atoms with Crippen molar-refractivity contribution >= 4 is 27.9 Å². The van der Waals surface area contributed by atoms with Crippen LogP contribution in [0.25, 0.3) is 44.1 Å². The molecule has 0 aliphatic carbocycles. The third kappa shape index (κ3) is 9.22. The largest absolute Gasteiger partial charge is 0.444 e. The van der Waals surface area contributed by atoms with Crippen LogP contribution >= 0.6 is 0 Å². The summed E-state index contributed by atoms with van der Waals surface area (Å²) in [4.78, 5) is 53.7. The Morgan fingerprint density at radius 1 is 0.644 bits per heavy atom. The van der Waals surface area contributed by atoms with E-state index >= 15 is 0 Å². The van der Waals surface area contributed by atoms with Crippen molar-refractivity contribution in [1.82, 2.24) is 30.2 Å². The molecule has 0 radical (unpaired) electrons. The Labute approximate surface area is 338 Å². The van der Waals surface area contributed by atoms with Gasteiger partial charge in [0.2, 0.25) is 0 Å². The molecule has 4 aromatic carbocycles. The molecule has 2 aliphatic rings. The quantitative estimate of drug-likeness (QED) is 0.152. The van der Waals surface area contributed by atoms with Crippen LogP contribution in [0.4, 0.5) is 22.4 Å². The number of likely N-dealkylation sites (tertiary alicyclic amines) is 1. The maximum Gasteiger partial charge on any atom is 0.410 e. The fourth-order valence-electron chi connectivity index (χ4n) is 7.46. The first-order valence-electron chi connectivity index (χ1n) is 19.7. The number of rotatable bonds is 4. The Hall–Kier alpha value is -5.89. The molecule has 2 aliphatic heterocycles. The number of carbonyl (C=O) groups excluding carboxylic acids is 1. The zero-order valence-electron chi connectivity index (χ0n) is 33.6. The monoisotopic (exact) mass is 810 g/mol. The van der Waals surface area contributed by atoms with Gasteiger partial charge in [-0.05, 0) is 143 Å². The van der Waals surface area contributed by atoms with E-state index < -0.39 is 28.6 Å². The van der Waals surface area contributed by atoms with Crippen molar-refractivity contribution in [2.24, 2.45) is 0 Å². The molecular formula is C45H46F4N6O4. The van der Waals surface area contributed by atoms with Crippen LogP contribution in [0.2, 0.25) is 0 Å². The number of piperidine rings is 2. The maximum atomic E-state index is 15.0. The fourth-order valence-corrected chi connectivity index (χ4v) is 7.46. The molecule has 2 fully saturated rings. The SMILES string of the molecule is Cc1ccc(-c2cc(F)c3nc(C4CCN(C(=O)OC(C)(C)C)CC4)[nH]c(=O)c3c2)cc1F.Cc1ccc(-c2cc(F)c3nc(C4CCNCC4)[nH]c(=O)c3c2)cc1F. The molecule has 1 amide bonds. The van der Waals surface area contributed by atoms with E-state index in [1.165, 1.54) is 30.3 Å². The molecule has 10 nitrogen and oxygen atoms in total. The summed E-state index contributed by atoms with van der Waals surface area (Å²) in [6, 6.07) is 15.0. The van der Waals surface area contributed by atoms with Crippen LogP contribution in [-0.4, -0.2) is 62.7 Å². The molecular weight excluding hydrogens is 765 g/mol. The molecule has 0 unspecified atom stereocenters. The molecule has 14 heteroatoms. The average Bonchev–Trinajstić information content (AvgIpc) is 3.20. The van der Waals surface area contributed by atoms with Gasteiger partial charge in [0.1, 0.15) is 51.6 Å². The van der Waals surface area contributed by atoms with E-state index in [1.807, 2.05) is 20.8 Å². The number of aromatic amines is 2. The number of carbonyl (C=O) groups is 1. The van der Waals surface area contributed by atoms with Crippen molar-refractivity contribution in [3.05, 3.63) is 127 Å². The van der Waals surface area contributed by atoms with Crippen LogP contribution in [0.1, 0.15) is 81.1 Å². The van der Waals surface area contributed by atoms with E-state index in [0.29, 0.717) is 71.0 Å². The molecule has 8 rings (SSSR count). The Morgan fingerprint density at radius 3 is 1.49 bits per heavy atom. The number of ether oxygens (including phenoxy) is 1. The highest BCUT2D eigenvalue weighted by atomic mass is 19.1. The number of halogens is 4. The van der Waals surface area contributed by atoms with E-state index in [-0.39, 0.29) is 51.1 Å². The minimum Gasteiger partial charge on any atom is -0.444 e. The number of aryl methyl sites for hydroxylation is 2. The van der Waals surface area contributed by atoms with Gasteiger partial charge in [-0.1, -0.05) is 24.3 Å². The topological polar surface area (TPSA) is 133 Å². The van der Waals surface area contributed by atoms with Crippen molar-refractivity contribution in [2.75, 3.05) is 26.2 Å². The summed E-state index contributed by atoms with van der Waals surface area (Å²) in [5, 5.41) is 3.55. The van der Waals surface area contributed by atoms with Crippen LogP contribution < -0.4 is 16.4 Å². The van der Waals surface area contributed by atoms with Crippen molar-refractivity contribution in [2.45, 2.75) is 77.7 Å². The molecule has 0 atom stereocenters. The van der Waals surface area contributed by atoms with Gasteiger partial charge in [-0.3, -0.25) is 9.59 Å². The summed E-state index contributed by atoms with van der Waals surface area (Å²) < 4.78 is 62.9. The van der Waals surface area contributed by atoms with Crippen LogP contribution in [0.5, 0.6) is 0 Å². The number of nitrogens with one attached hydrogen (secondary N) is 3. The van der Waals surface area contributed by atoms with Gasteiger partial charge in [-0.15, -0.1) is 0 Å². The van der Waals surface area contributed by atoms with Gasteiger partial charge in [-0.25, -0.2) is 32.3 Å². The smallest absolute Gasteiger partial charge is 0.410 e. The number of hydrogen-bond donors (Lipinski definition) is 3. The van der Waals surface area contributed by atoms with Crippen LogP contribution in [0, 0.1) is 37.1 Å². The third-order valence-corrected chi connectivity index (χ3v) is 10.8. The zero-order chi connectivity index (χ0) is 42.2. The normalized spacial score (nSPS) is 15.3. The van der Waals surface area contributed by atoms with Crippen molar-refractivity contribution < 1.29 is 27.1 Å². The average molecular weight is 811 g/mol. The van der Waals surface area contributed by atoms with E-state index in [1.54, 1.807) is 49.1 Å². The van der Waals surface area contributed by atoms with Crippen LogP contribution in [0.15, 0.2) is 70.3 Å². The number of benzene rings is 4. The van der Waals surface area contributed by atoms with Gasteiger partial charge in [0.25, 0.3) is 11.1 Å². The number of nitrogens with zero attached hydrogens (tertiary/aromatic N) is 3. The standard InChI is InChI=1S/C25H27F2N3O3.C20H19F2N3O/c1-14-5-6-16(12-19(14)26)17-11-18-21(20(27)13-17)28-22(29-23(18)31)15-7-9-30(10-8-15)24(32)33-25(2,3)4;1-11-2-3-13(9-16(11)21)14-8-15-18(17(22)10-14)24-19(25-20(15)26)12-4-6-23-7-5-12/h5-6,11-13,15H,7-10H2,1-4H3,(H,28,29,31);2-3,8-10,12,23H,4-7H2,1H3,(H,24,25,26). The molecule has 0 bridgehead atoms. The minimum atomic E-state index is -0.637. The maximum absolute atomic E-state index is 15.0. The second kappa shape index (κ2) is 16.8. The van der Waals surface area contributed by atoms with Gasteiger partial charge in [0.05, 0.1) is 10.8 Å². The summed E-state index contributed by atoms with van der Waals surface area (Å²) in [6.07, 6.45) is 2.51. The molecule has 3 N–H and O–H groups in total. The van der Waals surface area contributed by atoms with E-state index in [2.05, 4.69) is 25.3 Å². The molecule has 2 saturated heterocycles. The Morgan fingerprint density at radius 2 is 1.07 bits per heavy atom. The predicted molar refractivity (Wildman–Crippen MR) is 220 cm³/mol. The number of fused-ring (bicyclic) bond motifs is 2. The lowest BCUT2D eigenvalue weighted by Gasteiger charge is -2.33. The number of H-pyrrole nitrogens is 2. The predicted octanol–water partition coefficient (Wildman–Crippen LogP) is 8.93. The summed E-state index contributed by atoms with van der Waals surface area (Å²) in [5.74, 6) is -1.00. The molecule has 6 aromatic rings. The minimum absolute atomic E-state index is 0.0142. The number of aromatic nitrogens is 4. The van der Waals surface area contributed by atoms with Crippen LogP contribution in [0.3, 0.4) is 0 Å². The highest BCUT2D eigenvalue weighted by Crippen LogP contribution is 2.31. The molecule has 2 aromatic heterocycles. The molecule has 4 heterocycles. The second-order valence-corrected chi connectivity index (χ2v) is 16.3. The highest BCUT2D eigenvalue weighted by molar-refractivity contribution is 5.85. The number of amides is 1. The number of hydrogen-bond acceptors (Lipinski definition) is 7. The van der Waals surface area contributed by atoms with E-state index in [9.17, 15) is 31.9 Å². The van der Waals surface area contributed by atoms with Gasteiger partial charge < -0.3 is 24.9 Å². The molecule has 0 spiro atoms.